The van der Waals surface area contributed by atoms with Crippen LogP contribution in [0.25, 0.3) is 0 Å². The third-order valence-electron chi connectivity index (χ3n) is 3.56. The van der Waals surface area contributed by atoms with E-state index in [-0.39, 0.29) is 6.04 Å². The van der Waals surface area contributed by atoms with Gasteiger partial charge in [0.2, 0.25) is 0 Å². The molecule has 0 aliphatic heterocycles. The van der Waals surface area contributed by atoms with E-state index in [1.54, 1.807) is 7.11 Å². The second-order valence-electron chi connectivity index (χ2n) is 4.73. The van der Waals surface area contributed by atoms with Crippen LogP contribution >= 0.6 is 11.6 Å². The number of nitrogens with zero attached hydrogens (tertiary/aromatic N) is 1. The van der Waals surface area contributed by atoms with Crippen LogP contribution in [-0.2, 0) is 0 Å². The smallest absolute Gasteiger partial charge is 0.143 e. The highest BCUT2D eigenvalue weighted by Crippen LogP contribution is 2.33. The fourth-order valence-corrected chi connectivity index (χ4v) is 2.46. The van der Waals surface area contributed by atoms with E-state index in [0.717, 1.165) is 16.3 Å². The predicted molar refractivity (Wildman–Crippen MR) is 85.7 cm³/mol. The Bertz CT molecular complexity index is 601. The summed E-state index contributed by atoms with van der Waals surface area (Å²) in [6.07, 6.45) is 0. The third-order valence-corrected chi connectivity index (χ3v) is 3.90. The molecular formula is C16H19ClN2O. The van der Waals surface area contributed by atoms with Gasteiger partial charge in [0, 0.05) is 23.8 Å². The van der Waals surface area contributed by atoms with E-state index in [0.29, 0.717) is 11.4 Å². The highest BCUT2D eigenvalue weighted by Gasteiger charge is 2.15. The van der Waals surface area contributed by atoms with Crippen molar-refractivity contribution < 1.29 is 4.74 Å². The van der Waals surface area contributed by atoms with Gasteiger partial charge in [0.15, 0.2) is 0 Å². The zero-order chi connectivity index (χ0) is 14.7. The number of hydrogen-bond acceptors (Lipinski definition) is 3. The number of benzene rings is 2. The lowest BCUT2D eigenvalue weighted by molar-refractivity contribution is 0.417. The minimum absolute atomic E-state index is 0.150. The highest BCUT2D eigenvalue weighted by atomic mass is 35.5. The van der Waals surface area contributed by atoms with Crippen molar-refractivity contribution >= 4 is 23.0 Å². The molecule has 0 radical (unpaired) electrons. The van der Waals surface area contributed by atoms with E-state index in [1.165, 1.54) is 0 Å². The van der Waals surface area contributed by atoms with Gasteiger partial charge >= 0.3 is 0 Å². The molecule has 0 aliphatic rings. The van der Waals surface area contributed by atoms with E-state index in [9.17, 15) is 0 Å². The van der Waals surface area contributed by atoms with Crippen LogP contribution in [0.3, 0.4) is 0 Å². The number of anilines is 2. The van der Waals surface area contributed by atoms with Gasteiger partial charge < -0.3 is 15.4 Å². The van der Waals surface area contributed by atoms with E-state index in [1.807, 2.05) is 49.5 Å². The topological polar surface area (TPSA) is 38.5 Å². The van der Waals surface area contributed by atoms with Crippen molar-refractivity contribution in [1.29, 1.82) is 0 Å². The lowest BCUT2D eigenvalue weighted by Crippen LogP contribution is -2.21. The summed E-state index contributed by atoms with van der Waals surface area (Å²) in [5.41, 5.74) is 8.60. The van der Waals surface area contributed by atoms with Crippen molar-refractivity contribution in [3.8, 4) is 5.75 Å². The molecule has 0 fully saturated rings. The molecule has 0 aliphatic carbocycles. The molecule has 106 valence electrons. The first-order chi connectivity index (χ1) is 9.54. The van der Waals surface area contributed by atoms with Gasteiger partial charge in [-0.15, -0.1) is 0 Å². The van der Waals surface area contributed by atoms with Crippen LogP contribution in [0.1, 0.15) is 18.5 Å². The molecule has 0 spiro atoms. The second-order valence-corrected chi connectivity index (χ2v) is 5.14. The molecule has 0 aromatic heterocycles. The molecule has 4 heteroatoms. The van der Waals surface area contributed by atoms with Gasteiger partial charge in [-0.25, -0.2) is 0 Å². The SMILES string of the molecule is COc1cc(N(C)C(C)c2ccccc2Cl)ccc1N. The minimum Gasteiger partial charge on any atom is -0.495 e. The predicted octanol–water partition coefficient (Wildman–Crippen LogP) is 4.13. The quantitative estimate of drug-likeness (QED) is 0.861. The number of methoxy groups -OCH3 is 1. The number of nitrogen functional groups attached to an aromatic ring is 1. The monoisotopic (exact) mass is 290 g/mol. The summed E-state index contributed by atoms with van der Waals surface area (Å²) in [7, 11) is 3.64. The Morgan fingerprint density at radius 1 is 1.20 bits per heavy atom. The Morgan fingerprint density at radius 3 is 2.55 bits per heavy atom. The maximum atomic E-state index is 6.26. The molecule has 2 aromatic carbocycles. The summed E-state index contributed by atoms with van der Waals surface area (Å²) in [5.74, 6) is 0.681. The summed E-state index contributed by atoms with van der Waals surface area (Å²) in [6.45, 7) is 2.12. The average molecular weight is 291 g/mol. The summed E-state index contributed by atoms with van der Waals surface area (Å²) in [6, 6.07) is 13.8. The Hall–Kier alpha value is -1.87. The molecule has 0 amide bonds. The molecule has 0 bridgehead atoms. The van der Waals surface area contributed by atoms with Gasteiger partial charge in [-0.05, 0) is 30.7 Å². The van der Waals surface area contributed by atoms with Crippen LogP contribution in [0.4, 0.5) is 11.4 Å². The van der Waals surface area contributed by atoms with Gasteiger partial charge in [-0.3, -0.25) is 0 Å². The molecule has 2 N–H and O–H groups in total. The minimum atomic E-state index is 0.150. The van der Waals surface area contributed by atoms with Crippen LogP contribution in [-0.4, -0.2) is 14.2 Å². The van der Waals surface area contributed by atoms with Crippen LogP contribution in [0, 0.1) is 0 Å². The van der Waals surface area contributed by atoms with Gasteiger partial charge in [0.25, 0.3) is 0 Å². The Balaban J connectivity index is 2.31. The Labute approximate surface area is 124 Å². The molecule has 2 rings (SSSR count). The number of nitrogens with two attached hydrogens (primary N) is 1. The molecule has 20 heavy (non-hydrogen) atoms. The van der Waals surface area contributed by atoms with Crippen molar-refractivity contribution in [3.63, 3.8) is 0 Å². The van der Waals surface area contributed by atoms with Crippen LogP contribution in [0.2, 0.25) is 5.02 Å². The molecular weight excluding hydrogens is 272 g/mol. The van der Waals surface area contributed by atoms with Gasteiger partial charge in [-0.1, -0.05) is 29.8 Å². The van der Waals surface area contributed by atoms with E-state index in [2.05, 4.69) is 11.8 Å². The summed E-state index contributed by atoms with van der Waals surface area (Å²) in [4.78, 5) is 2.14. The third kappa shape index (κ3) is 2.83. The second kappa shape index (κ2) is 6.06. The first-order valence-electron chi connectivity index (χ1n) is 6.45. The van der Waals surface area contributed by atoms with Crippen LogP contribution in [0.15, 0.2) is 42.5 Å². The van der Waals surface area contributed by atoms with Crippen molar-refractivity contribution in [3.05, 3.63) is 53.1 Å². The first-order valence-corrected chi connectivity index (χ1v) is 6.83. The van der Waals surface area contributed by atoms with Gasteiger partial charge in [0.1, 0.15) is 5.75 Å². The zero-order valence-electron chi connectivity index (χ0n) is 11.9. The number of ether oxygens (including phenoxy) is 1. The van der Waals surface area contributed by atoms with Crippen molar-refractivity contribution in [2.24, 2.45) is 0 Å². The molecule has 0 saturated heterocycles. The van der Waals surface area contributed by atoms with Crippen molar-refractivity contribution in [1.82, 2.24) is 0 Å². The molecule has 1 unspecified atom stereocenters. The van der Waals surface area contributed by atoms with E-state index >= 15 is 0 Å². The largest absolute Gasteiger partial charge is 0.495 e. The van der Waals surface area contributed by atoms with Crippen LogP contribution < -0.4 is 15.4 Å². The lowest BCUT2D eigenvalue weighted by atomic mass is 10.1. The van der Waals surface area contributed by atoms with Gasteiger partial charge in [0.05, 0.1) is 18.8 Å². The summed E-state index contributed by atoms with van der Waals surface area (Å²) in [5, 5.41) is 0.772. The number of hydrogen-bond donors (Lipinski definition) is 1. The molecule has 1 atom stereocenters. The molecule has 0 heterocycles. The first kappa shape index (κ1) is 14.5. The summed E-state index contributed by atoms with van der Waals surface area (Å²) >= 11 is 6.26. The standard InChI is InChI=1S/C16H19ClN2O/c1-11(13-6-4-5-7-14(13)17)19(2)12-8-9-15(18)16(10-12)20-3/h4-11H,18H2,1-3H3. The zero-order valence-corrected chi connectivity index (χ0v) is 12.7. The number of halogens is 1. The number of rotatable bonds is 4. The van der Waals surface area contributed by atoms with Gasteiger partial charge in [-0.2, -0.15) is 0 Å². The normalized spacial score (nSPS) is 12.0. The Morgan fingerprint density at radius 2 is 1.90 bits per heavy atom. The molecule has 0 saturated carbocycles. The van der Waals surface area contributed by atoms with E-state index < -0.39 is 0 Å². The lowest BCUT2D eigenvalue weighted by Gasteiger charge is -2.28. The molecule has 2 aromatic rings. The summed E-state index contributed by atoms with van der Waals surface area (Å²) < 4.78 is 5.27. The fourth-order valence-electron chi connectivity index (χ4n) is 2.17. The Kier molecular flexibility index (Phi) is 4.40. The average Bonchev–Trinajstić information content (AvgIpc) is 2.47. The van der Waals surface area contributed by atoms with Crippen molar-refractivity contribution in [2.75, 3.05) is 24.8 Å². The molecule has 3 nitrogen and oxygen atoms in total. The van der Waals surface area contributed by atoms with Crippen LogP contribution in [0.5, 0.6) is 5.75 Å². The fraction of sp³-hybridized carbons (Fsp3) is 0.250. The van der Waals surface area contributed by atoms with Crippen molar-refractivity contribution in [2.45, 2.75) is 13.0 Å². The maximum Gasteiger partial charge on any atom is 0.143 e. The van der Waals surface area contributed by atoms with E-state index in [4.69, 9.17) is 22.1 Å². The maximum absolute atomic E-state index is 6.26. The highest BCUT2D eigenvalue weighted by molar-refractivity contribution is 6.31.